The first kappa shape index (κ1) is 17.7. The van der Waals surface area contributed by atoms with E-state index in [0.717, 1.165) is 13.1 Å². The van der Waals surface area contributed by atoms with E-state index in [4.69, 9.17) is 27.9 Å². The molecule has 0 radical (unpaired) electrons. The number of ether oxygens (including phenoxy) is 1. The number of aliphatic hydroxyl groups is 3. The topological polar surface area (TPSA) is 102 Å². The van der Waals surface area contributed by atoms with Gasteiger partial charge < -0.3 is 29.9 Å². The van der Waals surface area contributed by atoms with Crippen molar-refractivity contribution in [3.05, 3.63) is 21.9 Å². The van der Waals surface area contributed by atoms with Gasteiger partial charge in [0.1, 0.15) is 29.7 Å². The van der Waals surface area contributed by atoms with Gasteiger partial charge in [-0.2, -0.15) is 0 Å². The zero-order chi connectivity index (χ0) is 17.6. The van der Waals surface area contributed by atoms with Gasteiger partial charge in [-0.05, 0) is 13.0 Å². The standard InChI is InChI=1S/C15H19Cl2N3O4/c1-6(24-2)12(21)13(22)14(23)15-18-8-5-7(16)9(17)11(10(8)19-15)20-3-4-20/h5-6,12-14,21-23H,3-4H2,1-2H3,(H,18,19)/t6?,12-,13?,14?/m0/s1. The van der Waals surface area contributed by atoms with Gasteiger partial charge in [0.05, 0.1) is 27.4 Å². The van der Waals surface area contributed by atoms with E-state index in [0.29, 0.717) is 26.8 Å². The lowest BCUT2D eigenvalue weighted by Crippen LogP contribution is -2.40. The van der Waals surface area contributed by atoms with Crippen molar-refractivity contribution < 1.29 is 20.1 Å². The molecule has 0 aliphatic carbocycles. The molecule has 1 aromatic carbocycles. The molecular formula is C15H19Cl2N3O4. The number of imidazole rings is 1. The molecule has 24 heavy (non-hydrogen) atoms. The molecular weight excluding hydrogens is 357 g/mol. The highest BCUT2D eigenvalue weighted by molar-refractivity contribution is 6.45. The number of nitrogens with zero attached hydrogens (tertiary/aromatic N) is 2. The lowest BCUT2D eigenvalue weighted by atomic mass is 10.0. The van der Waals surface area contributed by atoms with Gasteiger partial charge in [0.2, 0.25) is 0 Å². The quantitative estimate of drug-likeness (QED) is 0.570. The van der Waals surface area contributed by atoms with Gasteiger partial charge in [-0.15, -0.1) is 0 Å². The summed E-state index contributed by atoms with van der Waals surface area (Å²) in [7, 11) is 1.41. The molecule has 1 fully saturated rings. The van der Waals surface area contributed by atoms with Gasteiger partial charge in [-0.1, -0.05) is 23.2 Å². The number of rotatable bonds is 6. The first-order chi connectivity index (χ1) is 11.3. The third-order valence-corrected chi connectivity index (χ3v) is 5.01. The Hall–Kier alpha value is -1.09. The molecule has 0 bridgehead atoms. The van der Waals surface area contributed by atoms with Gasteiger partial charge in [-0.25, -0.2) is 4.98 Å². The maximum absolute atomic E-state index is 10.3. The fourth-order valence-corrected chi connectivity index (χ4v) is 3.03. The van der Waals surface area contributed by atoms with Gasteiger partial charge in [0.25, 0.3) is 0 Å². The minimum absolute atomic E-state index is 0.126. The molecule has 132 valence electrons. The van der Waals surface area contributed by atoms with Crippen LogP contribution in [0.15, 0.2) is 6.07 Å². The van der Waals surface area contributed by atoms with Crippen LogP contribution in [-0.2, 0) is 4.74 Å². The Balaban J connectivity index is 1.97. The number of aromatic nitrogens is 2. The molecule has 1 saturated heterocycles. The first-order valence-electron chi connectivity index (χ1n) is 7.54. The van der Waals surface area contributed by atoms with E-state index in [-0.39, 0.29) is 5.82 Å². The van der Waals surface area contributed by atoms with Gasteiger partial charge in [0, 0.05) is 20.2 Å². The minimum atomic E-state index is -1.46. The molecule has 0 spiro atoms. The number of hydrogen-bond acceptors (Lipinski definition) is 6. The minimum Gasteiger partial charge on any atom is -0.388 e. The fraction of sp³-hybridized carbons (Fsp3) is 0.533. The van der Waals surface area contributed by atoms with E-state index in [1.54, 1.807) is 13.0 Å². The Labute approximate surface area is 148 Å². The number of H-pyrrole nitrogens is 1. The van der Waals surface area contributed by atoms with E-state index in [1.807, 2.05) is 4.90 Å². The summed E-state index contributed by atoms with van der Waals surface area (Å²) in [6.07, 6.45) is -4.78. The summed E-state index contributed by atoms with van der Waals surface area (Å²) in [5.74, 6) is 0.126. The van der Waals surface area contributed by atoms with Crippen LogP contribution < -0.4 is 4.90 Å². The predicted molar refractivity (Wildman–Crippen MR) is 91.8 cm³/mol. The van der Waals surface area contributed by atoms with Crippen molar-refractivity contribution in [2.45, 2.75) is 31.3 Å². The maximum Gasteiger partial charge on any atom is 0.140 e. The van der Waals surface area contributed by atoms with Crippen LogP contribution in [0, 0.1) is 0 Å². The van der Waals surface area contributed by atoms with Gasteiger partial charge in [0.15, 0.2) is 0 Å². The first-order valence-corrected chi connectivity index (χ1v) is 8.30. The maximum atomic E-state index is 10.3. The van der Waals surface area contributed by atoms with E-state index >= 15 is 0 Å². The highest BCUT2D eigenvalue weighted by Gasteiger charge is 2.33. The third kappa shape index (κ3) is 3.08. The second-order valence-corrected chi connectivity index (χ2v) is 6.68. The monoisotopic (exact) mass is 375 g/mol. The lowest BCUT2D eigenvalue weighted by Gasteiger charge is -2.25. The van der Waals surface area contributed by atoms with Crippen LogP contribution in [0.5, 0.6) is 0 Å². The smallest absolute Gasteiger partial charge is 0.140 e. The van der Waals surface area contributed by atoms with Crippen LogP contribution in [-0.4, -0.2) is 63.8 Å². The number of hydrogen-bond donors (Lipinski definition) is 4. The molecule has 4 atom stereocenters. The zero-order valence-corrected chi connectivity index (χ0v) is 14.7. The van der Waals surface area contributed by atoms with Crippen molar-refractivity contribution in [1.29, 1.82) is 0 Å². The number of halogens is 2. The Morgan fingerprint density at radius 3 is 2.50 bits per heavy atom. The number of benzene rings is 1. The number of aliphatic hydroxyl groups excluding tert-OH is 3. The SMILES string of the molecule is COC(C)[C@H](O)C(O)C(O)c1nc2c(N3CC3)c(Cl)c(Cl)cc2[nH]1. The van der Waals surface area contributed by atoms with Crippen molar-refractivity contribution in [2.24, 2.45) is 0 Å². The Morgan fingerprint density at radius 2 is 1.92 bits per heavy atom. The van der Waals surface area contributed by atoms with E-state index in [2.05, 4.69) is 9.97 Å². The van der Waals surface area contributed by atoms with Crippen molar-refractivity contribution in [3.8, 4) is 0 Å². The molecule has 1 aliphatic rings. The number of aromatic amines is 1. The summed E-state index contributed by atoms with van der Waals surface area (Å²) in [4.78, 5) is 9.30. The molecule has 3 rings (SSSR count). The van der Waals surface area contributed by atoms with Crippen molar-refractivity contribution in [1.82, 2.24) is 9.97 Å². The fourth-order valence-electron chi connectivity index (χ4n) is 2.57. The molecule has 3 unspecified atom stereocenters. The summed E-state index contributed by atoms with van der Waals surface area (Å²) >= 11 is 12.4. The van der Waals surface area contributed by atoms with Crippen molar-refractivity contribution in [3.63, 3.8) is 0 Å². The van der Waals surface area contributed by atoms with E-state index in [9.17, 15) is 15.3 Å². The molecule has 0 saturated carbocycles. The Bertz CT molecular complexity index is 750. The highest BCUT2D eigenvalue weighted by Crippen LogP contribution is 2.41. The third-order valence-electron chi connectivity index (χ3n) is 4.23. The molecule has 1 aliphatic heterocycles. The number of methoxy groups -OCH3 is 1. The molecule has 2 aromatic rings. The molecule has 4 N–H and O–H groups in total. The predicted octanol–water partition coefficient (Wildman–Crippen LogP) is 1.48. The summed E-state index contributed by atoms with van der Waals surface area (Å²) in [6, 6.07) is 1.62. The van der Waals surface area contributed by atoms with E-state index < -0.39 is 24.4 Å². The lowest BCUT2D eigenvalue weighted by molar-refractivity contribution is -0.112. The van der Waals surface area contributed by atoms with Gasteiger partial charge >= 0.3 is 0 Å². The van der Waals surface area contributed by atoms with Crippen LogP contribution in [0.2, 0.25) is 10.0 Å². The summed E-state index contributed by atoms with van der Waals surface area (Å²) in [5, 5.41) is 31.3. The molecule has 2 heterocycles. The van der Waals surface area contributed by atoms with Crippen LogP contribution in [0.25, 0.3) is 11.0 Å². The molecule has 1 aromatic heterocycles. The van der Waals surface area contributed by atoms with Crippen molar-refractivity contribution in [2.75, 3.05) is 25.1 Å². The zero-order valence-electron chi connectivity index (χ0n) is 13.2. The van der Waals surface area contributed by atoms with Gasteiger partial charge in [-0.3, -0.25) is 0 Å². The Kier molecular flexibility index (Phi) is 4.92. The van der Waals surface area contributed by atoms with Crippen molar-refractivity contribution >= 4 is 39.9 Å². The second-order valence-electron chi connectivity index (χ2n) is 5.89. The normalized spacial score (nSPS) is 19.4. The van der Waals surface area contributed by atoms with E-state index in [1.165, 1.54) is 7.11 Å². The van der Waals surface area contributed by atoms with Crippen LogP contribution >= 0.6 is 23.2 Å². The molecule has 9 heteroatoms. The average Bonchev–Trinajstić information content (AvgIpc) is 3.32. The second kappa shape index (κ2) is 6.67. The molecule has 7 nitrogen and oxygen atoms in total. The van der Waals surface area contributed by atoms with Crippen LogP contribution in [0.1, 0.15) is 18.9 Å². The average molecular weight is 376 g/mol. The largest absolute Gasteiger partial charge is 0.388 e. The summed E-state index contributed by atoms with van der Waals surface area (Å²) in [6.45, 7) is 3.30. The van der Waals surface area contributed by atoms with Crippen LogP contribution in [0.3, 0.4) is 0 Å². The highest BCUT2D eigenvalue weighted by atomic mass is 35.5. The molecule has 0 amide bonds. The van der Waals surface area contributed by atoms with Crippen LogP contribution in [0.4, 0.5) is 5.69 Å². The summed E-state index contributed by atoms with van der Waals surface area (Å²) in [5.41, 5.74) is 1.87. The number of fused-ring (bicyclic) bond motifs is 1. The number of anilines is 1. The Morgan fingerprint density at radius 1 is 1.25 bits per heavy atom. The summed E-state index contributed by atoms with van der Waals surface area (Å²) < 4.78 is 4.98. The number of nitrogens with one attached hydrogen (secondary N) is 1.